The zero-order chi connectivity index (χ0) is 11.0. The fraction of sp³-hybridized carbons (Fsp3) is 0.273. The van der Waals surface area contributed by atoms with Crippen LogP contribution in [-0.4, -0.2) is 11.7 Å². The molecule has 3 heteroatoms. The number of rotatable bonds is 5. The number of nitrogens with one attached hydrogen (secondary N) is 1. The monoisotopic (exact) mass is 193 g/mol. The third kappa shape index (κ3) is 5.94. The summed E-state index contributed by atoms with van der Waals surface area (Å²) >= 11 is 0. The third-order valence-corrected chi connectivity index (χ3v) is 1.34. The SMILES string of the molecule is C=C/C=C(\C=C/C)NC(=O)CC(C)=O. The summed E-state index contributed by atoms with van der Waals surface area (Å²) < 4.78 is 0. The van der Waals surface area contributed by atoms with Crippen molar-refractivity contribution in [3.8, 4) is 0 Å². The molecule has 0 heterocycles. The maximum Gasteiger partial charge on any atom is 0.231 e. The molecule has 1 N–H and O–H groups in total. The van der Waals surface area contributed by atoms with E-state index in [-0.39, 0.29) is 18.1 Å². The Balaban J connectivity index is 4.30. The molecule has 3 nitrogen and oxygen atoms in total. The first-order valence-corrected chi connectivity index (χ1v) is 4.34. The first kappa shape index (κ1) is 12.4. The first-order chi connectivity index (χ1) is 6.60. The highest BCUT2D eigenvalue weighted by Crippen LogP contribution is 1.94. The summed E-state index contributed by atoms with van der Waals surface area (Å²) in [5.41, 5.74) is 0.633. The Hall–Kier alpha value is -1.64. The van der Waals surface area contributed by atoms with Gasteiger partial charge in [0.15, 0.2) is 0 Å². The Labute approximate surface area is 84.2 Å². The molecule has 1 amide bonds. The van der Waals surface area contributed by atoms with Gasteiger partial charge in [0.2, 0.25) is 5.91 Å². The Bertz CT molecular complexity index is 288. The van der Waals surface area contributed by atoms with Gasteiger partial charge in [0.05, 0.1) is 6.42 Å². The molecule has 0 rings (SSSR count). The molecule has 0 aromatic carbocycles. The highest BCUT2D eigenvalue weighted by atomic mass is 16.2. The molecule has 0 aromatic heterocycles. The maximum absolute atomic E-state index is 11.2. The summed E-state index contributed by atoms with van der Waals surface area (Å²) in [6.45, 7) is 6.74. The molecule has 0 radical (unpaired) electrons. The lowest BCUT2D eigenvalue weighted by molar-refractivity contribution is -0.126. The van der Waals surface area contributed by atoms with Crippen LogP contribution < -0.4 is 5.32 Å². The highest BCUT2D eigenvalue weighted by Gasteiger charge is 2.04. The molecule has 14 heavy (non-hydrogen) atoms. The van der Waals surface area contributed by atoms with Gasteiger partial charge in [-0.3, -0.25) is 9.59 Å². The lowest BCUT2D eigenvalue weighted by atomic mass is 10.3. The molecule has 0 saturated heterocycles. The minimum absolute atomic E-state index is 0.0912. The van der Waals surface area contributed by atoms with Crippen LogP contribution >= 0.6 is 0 Å². The average Bonchev–Trinajstić information content (AvgIpc) is 2.03. The van der Waals surface area contributed by atoms with Gasteiger partial charge in [-0.15, -0.1) is 0 Å². The maximum atomic E-state index is 11.2. The Kier molecular flexibility index (Phi) is 6.03. The molecular weight excluding hydrogens is 178 g/mol. The van der Waals surface area contributed by atoms with Crippen molar-refractivity contribution in [3.63, 3.8) is 0 Å². The van der Waals surface area contributed by atoms with Crippen molar-refractivity contribution in [3.05, 3.63) is 36.6 Å². The zero-order valence-corrected chi connectivity index (χ0v) is 8.54. The molecule has 0 fully saturated rings. The van der Waals surface area contributed by atoms with Gasteiger partial charge in [0, 0.05) is 5.70 Å². The lowest BCUT2D eigenvalue weighted by Gasteiger charge is -2.03. The van der Waals surface area contributed by atoms with Crippen molar-refractivity contribution in [1.82, 2.24) is 5.32 Å². The van der Waals surface area contributed by atoms with Gasteiger partial charge >= 0.3 is 0 Å². The predicted molar refractivity (Wildman–Crippen MR) is 56.5 cm³/mol. The van der Waals surface area contributed by atoms with Crippen molar-refractivity contribution < 1.29 is 9.59 Å². The first-order valence-electron chi connectivity index (χ1n) is 4.34. The molecule has 0 aliphatic rings. The Morgan fingerprint density at radius 3 is 2.50 bits per heavy atom. The second-order valence-electron chi connectivity index (χ2n) is 2.78. The zero-order valence-electron chi connectivity index (χ0n) is 8.54. The van der Waals surface area contributed by atoms with E-state index in [0.29, 0.717) is 5.70 Å². The van der Waals surface area contributed by atoms with Gasteiger partial charge in [-0.05, 0) is 26.0 Å². The van der Waals surface area contributed by atoms with E-state index >= 15 is 0 Å². The van der Waals surface area contributed by atoms with Gasteiger partial charge < -0.3 is 5.32 Å². The summed E-state index contributed by atoms with van der Waals surface area (Å²) in [7, 11) is 0. The van der Waals surface area contributed by atoms with Crippen LogP contribution in [0.5, 0.6) is 0 Å². The van der Waals surface area contributed by atoms with E-state index in [9.17, 15) is 9.59 Å². The minimum Gasteiger partial charge on any atom is -0.326 e. The fourth-order valence-corrected chi connectivity index (χ4v) is 0.877. The molecule has 76 valence electrons. The van der Waals surface area contributed by atoms with Crippen molar-refractivity contribution in [1.29, 1.82) is 0 Å². The van der Waals surface area contributed by atoms with E-state index < -0.39 is 0 Å². The predicted octanol–water partition coefficient (Wildman–Crippen LogP) is 1.73. The van der Waals surface area contributed by atoms with E-state index in [1.807, 2.05) is 6.92 Å². The van der Waals surface area contributed by atoms with E-state index in [0.717, 1.165) is 0 Å². The van der Waals surface area contributed by atoms with Gasteiger partial charge in [-0.1, -0.05) is 18.7 Å². The van der Waals surface area contributed by atoms with Crippen molar-refractivity contribution >= 4 is 11.7 Å². The van der Waals surface area contributed by atoms with Gasteiger partial charge in [0.25, 0.3) is 0 Å². The Morgan fingerprint density at radius 1 is 1.43 bits per heavy atom. The van der Waals surface area contributed by atoms with Crippen LogP contribution in [0.15, 0.2) is 36.6 Å². The summed E-state index contributed by atoms with van der Waals surface area (Å²) in [5.74, 6) is -0.454. The van der Waals surface area contributed by atoms with Crippen LogP contribution in [0.4, 0.5) is 0 Å². The number of hydrogen-bond donors (Lipinski definition) is 1. The fourth-order valence-electron chi connectivity index (χ4n) is 0.877. The van der Waals surface area contributed by atoms with Crippen LogP contribution in [0.25, 0.3) is 0 Å². The minimum atomic E-state index is -0.302. The van der Waals surface area contributed by atoms with Crippen LogP contribution in [-0.2, 0) is 9.59 Å². The molecule has 0 aromatic rings. The van der Waals surface area contributed by atoms with E-state index in [1.54, 1.807) is 24.3 Å². The van der Waals surface area contributed by atoms with Crippen LogP contribution in [0.3, 0.4) is 0 Å². The lowest BCUT2D eigenvalue weighted by Crippen LogP contribution is -2.23. The van der Waals surface area contributed by atoms with Crippen LogP contribution in [0, 0.1) is 0 Å². The van der Waals surface area contributed by atoms with Gasteiger partial charge in [-0.2, -0.15) is 0 Å². The average molecular weight is 193 g/mol. The van der Waals surface area contributed by atoms with Crippen molar-refractivity contribution in [2.24, 2.45) is 0 Å². The number of ketones is 1. The second-order valence-corrected chi connectivity index (χ2v) is 2.78. The van der Waals surface area contributed by atoms with Crippen LogP contribution in [0.1, 0.15) is 20.3 Å². The topological polar surface area (TPSA) is 46.2 Å². The van der Waals surface area contributed by atoms with E-state index in [1.165, 1.54) is 6.92 Å². The molecular formula is C11H15NO2. The highest BCUT2D eigenvalue weighted by molar-refractivity contribution is 5.97. The summed E-state index contributed by atoms with van der Waals surface area (Å²) in [6, 6.07) is 0. The summed E-state index contributed by atoms with van der Waals surface area (Å²) in [6.07, 6.45) is 6.68. The van der Waals surface area contributed by atoms with E-state index in [2.05, 4.69) is 11.9 Å². The summed E-state index contributed by atoms with van der Waals surface area (Å²) in [4.78, 5) is 21.8. The standard InChI is InChI=1S/C11H15NO2/c1-4-6-10(7-5-2)12-11(14)8-9(3)13/h4-7H,1,8H2,2-3H3,(H,12,14)/b7-5-,10-6+. The molecule has 0 atom stereocenters. The Morgan fingerprint density at radius 2 is 2.07 bits per heavy atom. The molecule has 0 aliphatic heterocycles. The molecule has 0 spiro atoms. The molecule has 0 unspecified atom stereocenters. The number of hydrogen-bond acceptors (Lipinski definition) is 2. The van der Waals surface area contributed by atoms with Crippen molar-refractivity contribution in [2.45, 2.75) is 20.3 Å². The molecule has 0 bridgehead atoms. The summed E-state index contributed by atoms with van der Waals surface area (Å²) in [5, 5.41) is 2.59. The van der Waals surface area contributed by atoms with E-state index in [4.69, 9.17) is 0 Å². The second kappa shape index (κ2) is 6.83. The number of amides is 1. The van der Waals surface area contributed by atoms with Gasteiger partial charge in [-0.25, -0.2) is 0 Å². The normalized spacial score (nSPS) is 11.4. The number of carbonyl (C=O) groups is 2. The number of carbonyl (C=O) groups excluding carboxylic acids is 2. The molecule has 0 saturated carbocycles. The number of Topliss-reactive ketones (excluding diaryl/α,β-unsaturated/α-hetero) is 1. The quantitative estimate of drug-likeness (QED) is 0.534. The smallest absolute Gasteiger partial charge is 0.231 e. The van der Waals surface area contributed by atoms with Gasteiger partial charge in [0.1, 0.15) is 5.78 Å². The largest absolute Gasteiger partial charge is 0.326 e. The molecule has 0 aliphatic carbocycles. The third-order valence-electron chi connectivity index (χ3n) is 1.34. The van der Waals surface area contributed by atoms with Crippen molar-refractivity contribution in [2.75, 3.05) is 0 Å². The number of allylic oxidation sites excluding steroid dienone is 4. The van der Waals surface area contributed by atoms with Crippen LogP contribution in [0.2, 0.25) is 0 Å².